The number of halogens is 2. The van der Waals surface area contributed by atoms with Gasteiger partial charge in [0.25, 0.3) is 0 Å². The number of nitrogens with zero attached hydrogens (tertiary/aromatic N) is 2. The minimum atomic E-state index is -0.100. The van der Waals surface area contributed by atoms with E-state index in [1.54, 1.807) is 19.2 Å². The number of rotatable bonds is 6. The number of hydrogen-bond donors (Lipinski definition) is 1. The largest absolute Gasteiger partial charge is 0.384 e. The van der Waals surface area contributed by atoms with Crippen LogP contribution >= 0.6 is 24.0 Å². The number of methoxy groups -OCH3 is 1. The first kappa shape index (κ1) is 20.4. The number of hydrogen-bond acceptors (Lipinski definition) is 2. The Morgan fingerprint density at radius 1 is 1.40 bits per heavy atom. The predicted octanol–water partition coefficient (Wildman–Crippen LogP) is 3.41. The van der Waals surface area contributed by atoms with Crippen LogP contribution < -0.4 is 5.32 Å². The molecule has 3 rings (SSSR count). The zero-order valence-electron chi connectivity index (χ0n) is 15.1. The average Bonchev–Trinajstić information content (AvgIpc) is 3.23. The van der Waals surface area contributed by atoms with E-state index in [1.807, 2.05) is 12.1 Å². The second-order valence-electron chi connectivity index (χ2n) is 6.99. The molecule has 0 amide bonds. The fourth-order valence-electron chi connectivity index (χ4n) is 3.60. The van der Waals surface area contributed by atoms with E-state index in [-0.39, 0.29) is 35.2 Å². The summed E-state index contributed by atoms with van der Waals surface area (Å²) < 4.78 is 19.4. The lowest BCUT2D eigenvalue weighted by molar-refractivity contribution is 0.157. The van der Waals surface area contributed by atoms with E-state index in [0.29, 0.717) is 12.5 Å². The van der Waals surface area contributed by atoms with Gasteiger partial charge in [0.2, 0.25) is 0 Å². The van der Waals surface area contributed by atoms with Gasteiger partial charge in [0.15, 0.2) is 5.96 Å². The zero-order valence-corrected chi connectivity index (χ0v) is 17.5. The van der Waals surface area contributed by atoms with E-state index in [0.717, 1.165) is 57.0 Å². The lowest BCUT2D eigenvalue weighted by atomic mass is 9.95. The Morgan fingerprint density at radius 2 is 2.16 bits per heavy atom. The lowest BCUT2D eigenvalue weighted by Gasteiger charge is -2.23. The predicted molar refractivity (Wildman–Crippen MR) is 110 cm³/mol. The van der Waals surface area contributed by atoms with Gasteiger partial charge in [0.1, 0.15) is 5.82 Å². The second kappa shape index (κ2) is 9.16. The molecule has 1 unspecified atom stereocenters. The smallest absolute Gasteiger partial charge is 0.193 e. The number of benzene rings is 1. The molecule has 0 bridgehead atoms. The van der Waals surface area contributed by atoms with Crippen molar-refractivity contribution in [2.45, 2.75) is 31.6 Å². The third-order valence-electron chi connectivity index (χ3n) is 5.15. The Kier molecular flexibility index (Phi) is 7.49. The van der Waals surface area contributed by atoms with Crippen molar-refractivity contribution in [3.8, 4) is 0 Å². The molecular formula is C19H29FIN3O. The van der Waals surface area contributed by atoms with Crippen LogP contribution in [0.1, 0.15) is 31.7 Å². The summed E-state index contributed by atoms with van der Waals surface area (Å²) in [5.74, 6) is 1.43. The first-order valence-corrected chi connectivity index (χ1v) is 8.96. The molecule has 1 aromatic rings. The molecule has 0 aromatic heterocycles. The van der Waals surface area contributed by atoms with Crippen LogP contribution in [0, 0.1) is 11.7 Å². The Balaban J connectivity index is 0.00000225. The monoisotopic (exact) mass is 461 g/mol. The van der Waals surface area contributed by atoms with Gasteiger partial charge in [-0.25, -0.2) is 4.39 Å². The molecule has 1 atom stereocenters. The summed E-state index contributed by atoms with van der Waals surface area (Å²) >= 11 is 0. The average molecular weight is 461 g/mol. The molecule has 1 N–H and O–H groups in total. The van der Waals surface area contributed by atoms with Crippen LogP contribution in [-0.4, -0.2) is 50.8 Å². The van der Waals surface area contributed by atoms with Gasteiger partial charge >= 0.3 is 0 Å². The first-order valence-electron chi connectivity index (χ1n) is 8.96. The Hall–Kier alpha value is -0.890. The lowest BCUT2D eigenvalue weighted by Crippen LogP contribution is -2.40. The van der Waals surface area contributed by atoms with Crippen molar-refractivity contribution in [2.75, 3.05) is 39.9 Å². The highest BCUT2D eigenvalue weighted by molar-refractivity contribution is 14.0. The molecule has 1 aliphatic heterocycles. The molecule has 1 aromatic carbocycles. The zero-order chi connectivity index (χ0) is 17.0. The van der Waals surface area contributed by atoms with Crippen LogP contribution in [0.25, 0.3) is 0 Å². The van der Waals surface area contributed by atoms with E-state index in [1.165, 1.54) is 0 Å². The van der Waals surface area contributed by atoms with Gasteiger partial charge in [0, 0.05) is 38.1 Å². The fraction of sp³-hybridized carbons (Fsp3) is 0.632. The molecule has 6 heteroatoms. The van der Waals surface area contributed by atoms with Gasteiger partial charge in [-0.05, 0) is 37.8 Å². The molecule has 2 fully saturated rings. The second-order valence-corrected chi connectivity index (χ2v) is 6.99. The van der Waals surface area contributed by atoms with Crippen LogP contribution in [0.2, 0.25) is 0 Å². The minimum absolute atomic E-state index is 0. The van der Waals surface area contributed by atoms with Crippen LogP contribution in [-0.2, 0) is 10.2 Å². The molecule has 4 nitrogen and oxygen atoms in total. The number of guanidine groups is 1. The standard InChI is InChI=1S/C19H28FN3O.HI/c1-3-21-18(23-11-8-15(12-23)13-24-2)22-14-19(9-10-19)16-6-4-5-7-17(16)20;/h4-7,15H,3,8-14H2,1-2H3,(H,21,22);1H. The molecule has 1 saturated heterocycles. The van der Waals surface area contributed by atoms with Crippen molar-refractivity contribution in [3.63, 3.8) is 0 Å². The minimum Gasteiger partial charge on any atom is -0.384 e. The van der Waals surface area contributed by atoms with Gasteiger partial charge in [-0.15, -0.1) is 24.0 Å². The Labute approximate surface area is 167 Å². The highest BCUT2D eigenvalue weighted by Crippen LogP contribution is 2.49. The summed E-state index contributed by atoms with van der Waals surface area (Å²) in [4.78, 5) is 7.18. The highest BCUT2D eigenvalue weighted by atomic mass is 127. The van der Waals surface area contributed by atoms with E-state index >= 15 is 0 Å². The number of likely N-dealkylation sites (tertiary alicyclic amines) is 1. The summed E-state index contributed by atoms with van der Waals surface area (Å²) in [6, 6.07) is 7.14. The highest BCUT2D eigenvalue weighted by Gasteiger charge is 2.46. The molecule has 2 aliphatic rings. The maximum Gasteiger partial charge on any atom is 0.193 e. The van der Waals surface area contributed by atoms with Gasteiger partial charge in [-0.2, -0.15) is 0 Å². The molecule has 1 aliphatic carbocycles. The van der Waals surface area contributed by atoms with E-state index in [2.05, 4.69) is 17.1 Å². The summed E-state index contributed by atoms with van der Waals surface area (Å²) in [7, 11) is 1.76. The van der Waals surface area contributed by atoms with Gasteiger partial charge in [-0.3, -0.25) is 4.99 Å². The number of nitrogens with one attached hydrogen (secondary N) is 1. The van der Waals surface area contributed by atoms with Crippen LogP contribution in [0.4, 0.5) is 4.39 Å². The SMILES string of the molecule is CCNC(=NCC1(c2ccccc2F)CC1)N1CCC(COC)C1.I. The van der Waals surface area contributed by atoms with E-state index in [4.69, 9.17) is 9.73 Å². The van der Waals surface area contributed by atoms with E-state index < -0.39 is 0 Å². The summed E-state index contributed by atoms with van der Waals surface area (Å²) in [6.45, 7) is 6.37. The molecule has 0 spiro atoms. The number of aliphatic imine (C=N–C) groups is 1. The topological polar surface area (TPSA) is 36.9 Å². The molecular weight excluding hydrogens is 432 g/mol. The Bertz CT molecular complexity index is 592. The van der Waals surface area contributed by atoms with Gasteiger partial charge < -0.3 is 15.0 Å². The van der Waals surface area contributed by atoms with E-state index in [9.17, 15) is 4.39 Å². The third-order valence-corrected chi connectivity index (χ3v) is 5.15. The van der Waals surface area contributed by atoms with Crippen LogP contribution in [0.15, 0.2) is 29.3 Å². The van der Waals surface area contributed by atoms with Crippen molar-refractivity contribution in [3.05, 3.63) is 35.6 Å². The van der Waals surface area contributed by atoms with Crippen molar-refractivity contribution >= 4 is 29.9 Å². The van der Waals surface area contributed by atoms with Gasteiger partial charge in [0.05, 0.1) is 13.2 Å². The van der Waals surface area contributed by atoms with Gasteiger partial charge in [-0.1, -0.05) is 18.2 Å². The fourth-order valence-corrected chi connectivity index (χ4v) is 3.60. The van der Waals surface area contributed by atoms with Crippen molar-refractivity contribution in [1.29, 1.82) is 0 Å². The molecule has 1 heterocycles. The summed E-state index contributed by atoms with van der Waals surface area (Å²) in [5.41, 5.74) is 0.723. The molecule has 1 saturated carbocycles. The summed E-state index contributed by atoms with van der Waals surface area (Å²) in [5, 5.41) is 3.40. The number of ether oxygens (including phenoxy) is 1. The first-order chi connectivity index (χ1) is 11.7. The summed E-state index contributed by atoms with van der Waals surface area (Å²) in [6.07, 6.45) is 3.17. The molecule has 0 radical (unpaired) electrons. The quantitative estimate of drug-likeness (QED) is 0.401. The maximum absolute atomic E-state index is 14.1. The maximum atomic E-state index is 14.1. The van der Waals surface area contributed by atoms with Crippen molar-refractivity contribution < 1.29 is 9.13 Å². The normalized spacial score (nSPS) is 21.8. The third kappa shape index (κ3) is 4.84. The van der Waals surface area contributed by atoms with Crippen LogP contribution in [0.3, 0.4) is 0 Å². The van der Waals surface area contributed by atoms with Crippen LogP contribution in [0.5, 0.6) is 0 Å². The molecule has 25 heavy (non-hydrogen) atoms. The molecule has 140 valence electrons. The van der Waals surface area contributed by atoms with Crippen molar-refractivity contribution in [2.24, 2.45) is 10.9 Å². The Morgan fingerprint density at radius 3 is 2.80 bits per heavy atom. The van der Waals surface area contributed by atoms with Crippen molar-refractivity contribution in [1.82, 2.24) is 10.2 Å².